The molecule has 1 atom stereocenters. The van der Waals surface area contributed by atoms with Crippen molar-refractivity contribution in [1.82, 2.24) is 14.9 Å². The van der Waals surface area contributed by atoms with Crippen molar-refractivity contribution >= 4 is 5.91 Å². The summed E-state index contributed by atoms with van der Waals surface area (Å²) in [6, 6.07) is 3.94. The summed E-state index contributed by atoms with van der Waals surface area (Å²) in [6.45, 7) is 3.59. The van der Waals surface area contributed by atoms with E-state index in [2.05, 4.69) is 9.97 Å². The molecule has 0 N–H and O–H groups in total. The first-order valence-electron chi connectivity index (χ1n) is 8.06. The van der Waals surface area contributed by atoms with Crippen LogP contribution in [0.5, 0.6) is 6.01 Å². The molecular weight excluding hydrogens is 310 g/mol. The van der Waals surface area contributed by atoms with Gasteiger partial charge in [0.15, 0.2) is 5.76 Å². The van der Waals surface area contributed by atoms with Crippen molar-refractivity contribution in [3.8, 4) is 6.01 Å². The van der Waals surface area contributed by atoms with Crippen LogP contribution in [0.1, 0.15) is 29.0 Å². The number of hydrogen-bond donors (Lipinski definition) is 0. The number of hydrogen-bond acceptors (Lipinski definition) is 6. The zero-order chi connectivity index (χ0) is 16.6. The fourth-order valence-electron chi connectivity index (χ4n) is 3.33. The van der Waals surface area contributed by atoms with Crippen LogP contribution in [-0.4, -0.2) is 52.2 Å². The number of ether oxygens (including phenoxy) is 2. The number of likely N-dealkylation sites (tertiary alicyclic amines) is 1. The zero-order valence-electron chi connectivity index (χ0n) is 13.5. The maximum atomic E-state index is 12.4. The van der Waals surface area contributed by atoms with E-state index >= 15 is 0 Å². The van der Waals surface area contributed by atoms with Gasteiger partial charge in [-0.3, -0.25) is 4.79 Å². The van der Waals surface area contributed by atoms with Crippen LogP contribution < -0.4 is 4.74 Å². The zero-order valence-corrected chi connectivity index (χ0v) is 13.5. The van der Waals surface area contributed by atoms with E-state index in [9.17, 15) is 4.79 Å². The van der Waals surface area contributed by atoms with E-state index < -0.39 is 0 Å². The smallest absolute Gasteiger partial charge is 0.316 e. The molecule has 0 aromatic carbocycles. The van der Waals surface area contributed by atoms with E-state index in [1.54, 1.807) is 35.7 Å². The van der Waals surface area contributed by atoms with E-state index in [4.69, 9.17) is 13.9 Å². The Hall–Kier alpha value is -2.41. The van der Waals surface area contributed by atoms with Crippen molar-refractivity contribution in [3.05, 3.63) is 42.1 Å². The number of aromatic nitrogens is 2. The van der Waals surface area contributed by atoms with Gasteiger partial charge in [0, 0.05) is 30.8 Å². The van der Waals surface area contributed by atoms with Crippen molar-refractivity contribution in [3.63, 3.8) is 0 Å². The molecule has 2 aromatic rings. The Labute approximate surface area is 139 Å². The van der Waals surface area contributed by atoms with E-state index in [0.29, 0.717) is 31.5 Å². The van der Waals surface area contributed by atoms with Gasteiger partial charge in [0.05, 0.1) is 26.0 Å². The number of nitrogens with zero attached hydrogens (tertiary/aromatic N) is 3. The summed E-state index contributed by atoms with van der Waals surface area (Å²) < 4.78 is 17.1. The fraction of sp³-hybridized carbons (Fsp3) is 0.471. The molecule has 7 nitrogen and oxygen atoms in total. The second kappa shape index (κ2) is 5.90. The fourth-order valence-corrected chi connectivity index (χ4v) is 3.33. The van der Waals surface area contributed by atoms with Crippen LogP contribution >= 0.6 is 0 Å². The van der Waals surface area contributed by atoms with Crippen LogP contribution in [-0.2, 0) is 4.74 Å². The summed E-state index contributed by atoms with van der Waals surface area (Å²) in [4.78, 5) is 22.4. The molecule has 4 rings (SSSR count). The van der Waals surface area contributed by atoms with Gasteiger partial charge in [-0.25, -0.2) is 9.97 Å². The Morgan fingerprint density at radius 1 is 1.38 bits per heavy atom. The highest BCUT2D eigenvalue weighted by molar-refractivity contribution is 5.93. The van der Waals surface area contributed by atoms with Gasteiger partial charge in [-0.1, -0.05) is 0 Å². The summed E-state index contributed by atoms with van der Waals surface area (Å²) in [5, 5.41) is 0. The molecule has 2 fully saturated rings. The van der Waals surface area contributed by atoms with Crippen LogP contribution in [0.2, 0.25) is 0 Å². The highest BCUT2D eigenvalue weighted by Crippen LogP contribution is 2.36. The van der Waals surface area contributed by atoms with E-state index in [0.717, 1.165) is 18.4 Å². The van der Waals surface area contributed by atoms with Gasteiger partial charge < -0.3 is 18.8 Å². The molecule has 126 valence electrons. The summed E-state index contributed by atoms with van der Waals surface area (Å²) >= 11 is 0. The minimum atomic E-state index is -0.326. The predicted molar refractivity (Wildman–Crippen MR) is 83.7 cm³/mol. The normalized spacial score (nSPS) is 22.2. The molecule has 2 aliphatic rings. The van der Waals surface area contributed by atoms with Crippen LogP contribution in [0.15, 0.2) is 35.2 Å². The third-order valence-corrected chi connectivity index (χ3v) is 4.56. The summed E-state index contributed by atoms with van der Waals surface area (Å²) in [5.41, 5.74) is 0.529. The lowest BCUT2D eigenvalue weighted by atomic mass is 9.84. The van der Waals surface area contributed by atoms with Crippen LogP contribution in [0.4, 0.5) is 0 Å². The van der Waals surface area contributed by atoms with E-state index in [-0.39, 0.29) is 17.6 Å². The Bertz CT molecular complexity index is 724. The third-order valence-electron chi connectivity index (χ3n) is 4.56. The van der Waals surface area contributed by atoms with Crippen LogP contribution in [0, 0.1) is 6.92 Å². The lowest BCUT2D eigenvalue weighted by molar-refractivity contribution is -0.174. The number of furan rings is 1. The molecule has 0 radical (unpaired) electrons. The van der Waals surface area contributed by atoms with Crippen molar-refractivity contribution in [1.29, 1.82) is 0 Å². The molecule has 0 unspecified atom stereocenters. The van der Waals surface area contributed by atoms with Crippen molar-refractivity contribution < 1.29 is 18.7 Å². The van der Waals surface area contributed by atoms with E-state index in [1.165, 1.54) is 0 Å². The van der Waals surface area contributed by atoms with Crippen LogP contribution in [0.25, 0.3) is 0 Å². The van der Waals surface area contributed by atoms with Gasteiger partial charge >= 0.3 is 6.01 Å². The molecular formula is C17H19N3O4. The molecule has 0 saturated carbocycles. The Morgan fingerprint density at radius 3 is 2.88 bits per heavy atom. The Kier molecular flexibility index (Phi) is 3.72. The molecule has 1 amide bonds. The van der Waals surface area contributed by atoms with Gasteiger partial charge in [0.2, 0.25) is 0 Å². The number of amides is 1. The largest absolute Gasteiger partial charge is 0.460 e. The number of rotatable bonds is 3. The van der Waals surface area contributed by atoms with E-state index in [1.807, 2.05) is 6.92 Å². The number of aryl methyl sites for hydroxylation is 1. The van der Waals surface area contributed by atoms with Gasteiger partial charge in [0.25, 0.3) is 5.91 Å². The van der Waals surface area contributed by atoms with Crippen LogP contribution in [0.3, 0.4) is 0 Å². The maximum absolute atomic E-state index is 12.4. The molecule has 2 aliphatic heterocycles. The second-order valence-electron chi connectivity index (χ2n) is 6.39. The standard InChI is InChI=1S/C17H19N3O4/c1-12-3-7-22-14(12)15(21)20-10-17(11-20)9-13(4-8-23-17)24-16-18-5-2-6-19-16/h2-3,5-7,13H,4,8-11H2,1H3/t13-/m0/s1. The first-order chi connectivity index (χ1) is 11.7. The molecule has 0 bridgehead atoms. The second-order valence-corrected chi connectivity index (χ2v) is 6.39. The lowest BCUT2D eigenvalue weighted by Gasteiger charge is -2.52. The highest BCUT2D eigenvalue weighted by atomic mass is 16.5. The average molecular weight is 329 g/mol. The quantitative estimate of drug-likeness (QED) is 0.855. The molecule has 2 saturated heterocycles. The van der Waals surface area contributed by atoms with Crippen molar-refractivity contribution in [2.24, 2.45) is 0 Å². The molecule has 0 aliphatic carbocycles. The van der Waals surface area contributed by atoms with Gasteiger partial charge in [-0.05, 0) is 19.1 Å². The molecule has 7 heteroatoms. The predicted octanol–water partition coefficient (Wildman–Crippen LogP) is 1.83. The minimum Gasteiger partial charge on any atom is -0.460 e. The molecule has 24 heavy (non-hydrogen) atoms. The molecule has 2 aromatic heterocycles. The van der Waals surface area contributed by atoms with Gasteiger partial charge in [0.1, 0.15) is 11.7 Å². The third kappa shape index (κ3) is 2.75. The minimum absolute atomic E-state index is 0.00347. The summed E-state index contributed by atoms with van der Waals surface area (Å²) in [6.07, 6.45) is 6.39. The Balaban J connectivity index is 1.37. The SMILES string of the molecule is Cc1ccoc1C(=O)N1CC2(C[C@@H](Oc3ncccn3)CCO2)C1. The number of carbonyl (C=O) groups is 1. The lowest BCUT2D eigenvalue weighted by Crippen LogP contribution is -2.67. The number of carbonyl (C=O) groups excluding carboxylic acids is 1. The topological polar surface area (TPSA) is 77.7 Å². The Morgan fingerprint density at radius 2 is 2.17 bits per heavy atom. The first-order valence-corrected chi connectivity index (χ1v) is 8.06. The summed E-state index contributed by atoms with van der Waals surface area (Å²) in [5.74, 6) is 0.326. The molecule has 1 spiro atoms. The van der Waals surface area contributed by atoms with Crippen molar-refractivity contribution in [2.45, 2.75) is 31.5 Å². The van der Waals surface area contributed by atoms with Gasteiger partial charge in [-0.15, -0.1) is 0 Å². The first kappa shape index (κ1) is 15.1. The highest BCUT2D eigenvalue weighted by Gasteiger charge is 2.50. The average Bonchev–Trinajstić information content (AvgIpc) is 2.99. The summed E-state index contributed by atoms with van der Waals surface area (Å²) in [7, 11) is 0. The molecule has 4 heterocycles. The monoisotopic (exact) mass is 329 g/mol. The maximum Gasteiger partial charge on any atom is 0.316 e. The van der Waals surface area contributed by atoms with Gasteiger partial charge in [-0.2, -0.15) is 0 Å². The van der Waals surface area contributed by atoms with Crippen molar-refractivity contribution in [2.75, 3.05) is 19.7 Å².